The highest BCUT2D eigenvalue weighted by atomic mass is 32.2. The molecular formula is C18H21NO2S. The van der Waals surface area contributed by atoms with Crippen molar-refractivity contribution in [2.75, 3.05) is 12.9 Å². The van der Waals surface area contributed by atoms with Crippen molar-refractivity contribution in [2.24, 2.45) is 0 Å². The van der Waals surface area contributed by atoms with Gasteiger partial charge in [0.2, 0.25) is 5.91 Å². The molecule has 0 radical (unpaired) electrons. The molecule has 0 bridgehead atoms. The Labute approximate surface area is 136 Å². The molecule has 22 heavy (non-hydrogen) atoms. The van der Waals surface area contributed by atoms with Crippen molar-refractivity contribution in [3.05, 3.63) is 65.7 Å². The van der Waals surface area contributed by atoms with E-state index in [1.807, 2.05) is 49.4 Å². The zero-order valence-electron chi connectivity index (χ0n) is 12.9. The lowest BCUT2D eigenvalue weighted by molar-refractivity contribution is -0.119. The van der Waals surface area contributed by atoms with Gasteiger partial charge in [0.25, 0.3) is 0 Å². The number of amides is 1. The van der Waals surface area contributed by atoms with Gasteiger partial charge in [-0.1, -0.05) is 42.5 Å². The maximum absolute atomic E-state index is 12.0. The van der Waals surface area contributed by atoms with E-state index >= 15 is 0 Å². The summed E-state index contributed by atoms with van der Waals surface area (Å²) < 4.78 is 5.13. The van der Waals surface area contributed by atoms with E-state index in [1.54, 1.807) is 18.9 Å². The van der Waals surface area contributed by atoms with Crippen molar-refractivity contribution >= 4 is 17.7 Å². The monoisotopic (exact) mass is 315 g/mol. The molecule has 0 aliphatic rings. The number of ether oxygens (including phenoxy) is 1. The first-order chi connectivity index (χ1) is 10.7. The highest BCUT2D eigenvalue weighted by Gasteiger charge is 2.09. The van der Waals surface area contributed by atoms with Crippen LogP contribution in [-0.2, 0) is 10.5 Å². The minimum absolute atomic E-state index is 0.00395. The van der Waals surface area contributed by atoms with Crippen molar-refractivity contribution < 1.29 is 9.53 Å². The van der Waals surface area contributed by atoms with Crippen LogP contribution in [0.1, 0.15) is 24.1 Å². The lowest BCUT2D eigenvalue weighted by atomic mass is 10.1. The summed E-state index contributed by atoms with van der Waals surface area (Å²) in [6.45, 7) is 1.99. The molecule has 0 unspecified atom stereocenters. The molecular weight excluding hydrogens is 294 g/mol. The summed E-state index contributed by atoms with van der Waals surface area (Å²) in [4.78, 5) is 12.0. The molecule has 0 saturated carbocycles. The average molecular weight is 315 g/mol. The summed E-state index contributed by atoms with van der Waals surface area (Å²) in [5, 5.41) is 3.02. The first kappa shape index (κ1) is 16.4. The Morgan fingerprint density at radius 1 is 1.14 bits per heavy atom. The van der Waals surface area contributed by atoms with E-state index in [1.165, 1.54) is 5.56 Å². The Morgan fingerprint density at radius 3 is 2.45 bits per heavy atom. The number of methoxy groups -OCH3 is 1. The topological polar surface area (TPSA) is 38.3 Å². The Balaban J connectivity index is 1.76. The zero-order chi connectivity index (χ0) is 15.8. The molecule has 0 aliphatic heterocycles. The van der Waals surface area contributed by atoms with Crippen LogP contribution in [0.4, 0.5) is 0 Å². The number of carbonyl (C=O) groups is 1. The molecule has 4 heteroatoms. The molecule has 0 heterocycles. The first-order valence-corrected chi connectivity index (χ1v) is 8.39. The quantitative estimate of drug-likeness (QED) is 0.844. The number of thioether (sulfide) groups is 1. The van der Waals surface area contributed by atoms with Crippen LogP contribution in [0.15, 0.2) is 54.6 Å². The predicted molar refractivity (Wildman–Crippen MR) is 92.2 cm³/mol. The SMILES string of the molecule is COc1ccc([C@@H](C)NC(=O)CSCc2ccccc2)cc1. The molecule has 0 aromatic heterocycles. The lowest BCUT2D eigenvalue weighted by Gasteiger charge is -2.14. The van der Waals surface area contributed by atoms with Crippen molar-refractivity contribution in [3.63, 3.8) is 0 Å². The molecule has 2 aromatic rings. The molecule has 116 valence electrons. The van der Waals surface area contributed by atoms with Crippen LogP contribution in [0.3, 0.4) is 0 Å². The van der Waals surface area contributed by atoms with E-state index in [-0.39, 0.29) is 11.9 Å². The van der Waals surface area contributed by atoms with Crippen LogP contribution in [0, 0.1) is 0 Å². The van der Waals surface area contributed by atoms with Gasteiger partial charge in [-0.3, -0.25) is 4.79 Å². The maximum Gasteiger partial charge on any atom is 0.230 e. The van der Waals surface area contributed by atoms with Gasteiger partial charge < -0.3 is 10.1 Å². The molecule has 3 nitrogen and oxygen atoms in total. The van der Waals surface area contributed by atoms with Gasteiger partial charge in [0.15, 0.2) is 0 Å². The summed E-state index contributed by atoms with van der Waals surface area (Å²) in [6, 6.07) is 17.9. The molecule has 0 spiro atoms. The fraction of sp³-hybridized carbons (Fsp3) is 0.278. The lowest BCUT2D eigenvalue weighted by Crippen LogP contribution is -2.28. The average Bonchev–Trinajstić information content (AvgIpc) is 2.56. The Kier molecular flexibility index (Phi) is 6.34. The summed E-state index contributed by atoms with van der Waals surface area (Å²) in [6.07, 6.45) is 0. The minimum Gasteiger partial charge on any atom is -0.497 e. The van der Waals surface area contributed by atoms with Crippen LogP contribution in [0.5, 0.6) is 5.75 Å². The maximum atomic E-state index is 12.0. The summed E-state index contributed by atoms with van der Waals surface area (Å²) in [5.74, 6) is 2.20. The van der Waals surface area contributed by atoms with Gasteiger partial charge in [-0.05, 0) is 30.2 Å². The normalized spacial score (nSPS) is 11.7. The van der Waals surface area contributed by atoms with Crippen LogP contribution in [-0.4, -0.2) is 18.8 Å². The Morgan fingerprint density at radius 2 is 1.82 bits per heavy atom. The molecule has 0 fully saturated rings. The predicted octanol–water partition coefficient (Wildman–Crippen LogP) is 3.81. The fourth-order valence-corrected chi connectivity index (χ4v) is 2.89. The van der Waals surface area contributed by atoms with Gasteiger partial charge >= 0.3 is 0 Å². The van der Waals surface area contributed by atoms with Crippen LogP contribution < -0.4 is 10.1 Å². The molecule has 1 amide bonds. The smallest absolute Gasteiger partial charge is 0.230 e. The Bertz CT molecular complexity index is 584. The zero-order valence-corrected chi connectivity index (χ0v) is 13.7. The number of nitrogens with one attached hydrogen (secondary N) is 1. The van der Waals surface area contributed by atoms with E-state index in [2.05, 4.69) is 17.4 Å². The van der Waals surface area contributed by atoms with Crippen LogP contribution >= 0.6 is 11.8 Å². The van der Waals surface area contributed by atoms with E-state index in [0.29, 0.717) is 5.75 Å². The van der Waals surface area contributed by atoms with Gasteiger partial charge in [-0.15, -0.1) is 11.8 Å². The number of hydrogen-bond acceptors (Lipinski definition) is 3. The molecule has 0 aliphatic carbocycles. The standard InChI is InChI=1S/C18H21NO2S/c1-14(16-8-10-17(21-2)11-9-16)19-18(20)13-22-12-15-6-4-3-5-7-15/h3-11,14H,12-13H2,1-2H3,(H,19,20)/t14-/m1/s1. The number of hydrogen-bond donors (Lipinski definition) is 1. The molecule has 2 aromatic carbocycles. The number of benzene rings is 2. The third-order valence-corrected chi connectivity index (χ3v) is 4.34. The van der Waals surface area contributed by atoms with E-state index in [4.69, 9.17) is 4.74 Å². The molecule has 2 rings (SSSR count). The van der Waals surface area contributed by atoms with Crippen molar-refractivity contribution in [1.29, 1.82) is 0 Å². The minimum atomic E-state index is -0.00395. The van der Waals surface area contributed by atoms with Gasteiger partial charge in [-0.2, -0.15) is 0 Å². The highest BCUT2D eigenvalue weighted by molar-refractivity contribution is 7.99. The largest absolute Gasteiger partial charge is 0.497 e. The van der Waals surface area contributed by atoms with Gasteiger partial charge in [-0.25, -0.2) is 0 Å². The van der Waals surface area contributed by atoms with Crippen LogP contribution in [0.25, 0.3) is 0 Å². The van der Waals surface area contributed by atoms with Gasteiger partial charge in [0.1, 0.15) is 5.75 Å². The van der Waals surface area contributed by atoms with E-state index in [9.17, 15) is 4.79 Å². The Hall–Kier alpha value is -1.94. The second kappa shape index (κ2) is 8.49. The van der Waals surface area contributed by atoms with Gasteiger partial charge in [0, 0.05) is 5.75 Å². The van der Waals surface area contributed by atoms with Crippen molar-refractivity contribution in [1.82, 2.24) is 5.32 Å². The summed E-state index contributed by atoms with van der Waals surface area (Å²) in [7, 11) is 1.64. The highest BCUT2D eigenvalue weighted by Crippen LogP contribution is 2.18. The second-order valence-corrected chi connectivity index (χ2v) is 6.03. The summed E-state index contributed by atoms with van der Waals surface area (Å²) in [5.41, 5.74) is 2.31. The molecule has 1 N–H and O–H groups in total. The first-order valence-electron chi connectivity index (χ1n) is 7.24. The van der Waals surface area contributed by atoms with Gasteiger partial charge in [0.05, 0.1) is 18.9 Å². The van der Waals surface area contributed by atoms with E-state index < -0.39 is 0 Å². The third kappa shape index (κ3) is 5.11. The van der Waals surface area contributed by atoms with Crippen molar-refractivity contribution in [3.8, 4) is 5.75 Å². The molecule has 0 saturated heterocycles. The molecule has 1 atom stereocenters. The van der Waals surface area contributed by atoms with E-state index in [0.717, 1.165) is 17.1 Å². The van der Waals surface area contributed by atoms with Crippen molar-refractivity contribution in [2.45, 2.75) is 18.7 Å². The third-order valence-electron chi connectivity index (χ3n) is 3.34. The number of carbonyl (C=O) groups excluding carboxylic acids is 1. The second-order valence-electron chi connectivity index (χ2n) is 5.04. The van der Waals surface area contributed by atoms with Crippen LogP contribution in [0.2, 0.25) is 0 Å². The summed E-state index contributed by atoms with van der Waals surface area (Å²) >= 11 is 1.63. The fourth-order valence-electron chi connectivity index (χ4n) is 2.09. The number of rotatable bonds is 7.